The van der Waals surface area contributed by atoms with Gasteiger partial charge in [-0.1, -0.05) is 50.5 Å². The second kappa shape index (κ2) is 9.82. The lowest BCUT2D eigenvalue weighted by atomic mass is 10.2. The van der Waals surface area contributed by atoms with Crippen LogP contribution in [0.3, 0.4) is 0 Å². The van der Waals surface area contributed by atoms with E-state index < -0.39 is 24.1 Å². The van der Waals surface area contributed by atoms with Crippen molar-refractivity contribution >= 4 is 24.1 Å². The van der Waals surface area contributed by atoms with Crippen LogP contribution >= 0.6 is 0 Å². The molecule has 0 bridgehead atoms. The molecule has 0 amide bonds. The highest BCUT2D eigenvalue weighted by atomic mass is 32.3. The van der Waals surface area contributed by atoms with E-state index in [2.05, 4.69) is 11.7 Å². The van der Waals surface area contributed by atoms with Gasteiger partial charge in [-0.3, -0.25) is 0 Å². The van der Waals surface area contributed by atoms with Gasteiger partial charge >= 0.3 is 4.38 Å². The molecule has 0 radical (unpaired) electrons. The van der Waals surface area contributed by atoms with E-state index >= 15 is 0 Å². The van der Waals surface area contributed by atoms with Gasteiger partial charge in [0, 0.05) is 5.56 Å². The molecule has 2 aromatic rings. The second-order valence-electron chi connectivity index (χ2n) is 6.47. The number of benzene rings is 2. The number of hydrogen-bond acceptors (Lipinski definition) is 5. The molecule has 2 aromatic carbocycles. The first-order valence-corrected chi connectivity index (χ1v) is 12.2. The number of ether oxygens (including phenoxy) is 1. The Bertz CT molecular complexity index is 1100. The molecule has 0 heterocycles. The Labute approximate surface area is 171 Å². The van der Waals surface area contributed by atoms with Crippen LogP contribution in [0.25, 0.3) is 5.53 Å². The normalized spacial score (nSPS) is 11.7. The van der Waals surface area contributed by atoms with E-state index in [1.54, 1.807) is 12.1 Å². The minimum absolute atomic E-state index is 0.257. The van der Waals surface area contributed by atoms with Gasteiger partial charge in [0.05, 0.1) is 16.4 Å². The van der Waals surface area contributed by atoms with Gasteiger partial charge in [-0.25, -0.2) is 16.8 Å². The van der Waals surface area contributed by atoms with Gasteiger partial charge in [-0.2, -0.15) is 0 Å². The first-order valence-electron chi connectivity index (χ1n) is 9.26. The molecule has 0 unspecified atom stereocenters. The summed E-state index contributed by atoms with van der Waals surface area (Å²) in [5, 5.41) is 0. The molecule has 0 fully saturated rings. The first-order chi connectivity index (χ1) is 13.8. The Balaban J connectivity index is 2.40. The largest absolute Gasteiger partial charge is 0.504 e. The molecule has 0 aromatic heterocycles. The second-order valence-corrected chi connectivity index (χ2v) is 10.4. The minimum Gasteiger partial charge on any atom is -0.493 e. The third-order valence-corrected chi connectivity index (χ3v) is 8.69. The smallest absolute Gasteiger partial charge is 0.493 e. The Kier molecular flexibility index (Phi) is 7.73. The van der Waals surface area contributed by atoms with E-state index in [1.807, 2.05) is 0 Å². The number of sulfone groups is 2. The summed E-state index contributed by atoms with van der Waals surface area (Å²) in [6.07, 6.45) is 4.01. The highest BCUT2D eigenvalue weighted by Gasteiger charge is 2.44. The molecule has 0 atom stereocenters. The van der Waals surface area contributed by atoms with Crippen molar-refractivity contribution in [3.05, 3.63) is 59.6 Å². The van der Waals surface area contributed by atoms with Crippen LogP contribution in [0.5, 0.6) is 5.75 Å². The number of nitrogens with zero attached hydrogens (tertiary/aromatic N) is 2. The highest BCUT2D eigenvalue weighted by Crippen LogP contribution is 2.28. The maximum atomic E-state index is 13.0. The molecule has 0 spiro atoms. The number of hydrogen-bond donors (Lipinski definition) is 0. The number of rotatable bonds is 8. The van der Waals surface area contributed by atoms with Gasteiger partial charge in [-0.05, 0) is 37.6 Å². The van der Waals surface area contributed by atoms with Gasteiger partial charge in [0.25, 0.3) is 19.7 Å². The van der Waals surface area contributed by atoms with E-state index in [9.17, 15) is 22.4 Å². The summed E-state index contributed by atoms with van der Waals surface area (Å²) in [6, 6.07) is 11.3. The topological polar surface area (TPSA) is 114 Å². The maximum Gasteiger partial charge on any atom is 0.504 e. The maximum absolute atomic E-state index is 13.0. The molecule has 156 valence electrons. The van der Waals surface area contributed by atoms with Crippen molar-refractivity contribution in [2.24, 2.45) is 0 Å². The molecule has 0 saturated heterocycles. The Morgan fingerprint density at radius 2 is 1.62 bits per heavy atom. The number of unbranched alkanes of at least 4 members (excludes halogenated alkanes) is 3. The van der Waals surface area contributed by atoms with Crippen molar-refractivity contribution in [3.63, 3.8) is 0 Å². The molecular weight excluding hydrogens is 412 g/mol. The van der Waals surface area contributed by atoms with Crippen LogP contribution in [-0.2, 0) is 19.7 Å². The van der Waals surface area contributed by atoms with Crippen LogP contribution in [-0.4, -0.2) is 32.6 Å². The Morgan fingerprint density at radius 3 is 2.24 bits per heavy atom. The zero-order chi connectivity index (χ0) is 21.5. The summed E-state index contributed by atoms with van der Waals surface area (Å²) in [7, 11) is -9.16. The van der Waals surface area contributed by atoms with E-state index in [0.29, 0.717) is 12.4 Å². The molecule has 0 N–H and O–H groups in total. The van der Waals surface area contributed by atoms with Crippen molar-refractivity contribution in [2.75, 3.05) is 6.61 Å². The average Bonchev–Trinajstić information content (AvgIpc) is 2.69. The van der Waals surface area contributed by atoms with Crippen molar-refractivity contribution in [3.8, 4) is 5.75 Å². The molecule has 2 rings (SSSR count). The van der Waals surface area contributed by atoms with Gasteiger partial charge in [0.2, 0.25) is 0 Å². The summed E-state index contributed by atoms with van der Waals surface area (Å²) in [4.78, 5) is 2.09. The van der Waals surface area contributed by atoms with Crippen molar-refractivity contribution in [2.45, 2.75) is 49.3 Å². The fourth-order valence-electron chi connectivity index (χ4n) is 2.80. The standard InChI is InChI=1S/C20H24N2O5S2/c1-3-4-5-9-15-27-18-13-10-14-19(16(18)2)29(25,26)20(22-21)28(23,24)17-11-7-6-8-12-17/h6-8,10-14H,3-5,9,15H2,1-2H3. The molecular formula is C20H24N2O5S2. The zero-order valence-corrected chi connectivity index (χ0v) is 18.0. The molecule has 29 heavy (non-hydrogen) atoms. The molecule has 0 saturated carbocycles. The molecule has 0 aliphatic rings. The van der Waals surface area contributed by atoms with Crippen LogP contribution in [0.1, 0.15) is 38.2 Å². The minimum atomic E-state index is -4.62. The Morgan fingerprint density at radius 1 is 0.931 bits per heavy atom. The molecule has 0 aliphatic carbocycles. The van der Waals surface area contributed by atoms with Crippen LogP contribution in [0.15, 0.2) is 58.3 Å². The third kappa shape index (κ3) is 5.12. The van der Waals surface area contributed by atoms with Crippen LogP contribution in [0.4, 0.5) is 0 Å². The van der Waals surface area contributed by atoms with Gasteiger partial charge in [0.1, 0.15) is 5.75 Å². The summed E-state index contributed by atoms with van der Waals surface area (Å²) in [6.45, 7) is 4.05. The van der Waals surface area contributed by atoms with Gasteiger partial charge in [0.15, 0.2) is 0 Å². The summed E-state index contributed by atoms with van der Waals surface area (Å²) >= 11 is 0. The van der Waals surface area contributed by atoms with Crippen molar-refractivity contribution < 1.29 is 26.4 Å². The fourth-order valence-corrected chi connectivity index (χ4v) is 6.39. The van der Waals surface area contributed by atoms with Crippen LogP contribution < -0.4 is 4.74 Å². The third-order valence-electron chi connectivity index (χ3n) is 4.37. The lowest BCUT2D eigenvalue weighted by molar-refractivity contribution is 0.00380. The SMILES string of the molecule is CCCCCCOc1cccc(S(=O)(=O)C(=[N+]=[N-])S(=O)(=O)c2ccccc2)c1C. The molecule has 0 aliphatic heterocycles. The highest BCUT2D eigenvalue weighted by molar-refractivity contribution is 8.31. The van der Waals surface area contributed by atoms with Gasteiger partial charge < -0.3 is 10.3 Å². The predicted molar refractivity (Wildman–Crippen MR) is 110 cm³/mol. The van der Waals surface area contributed by atoms with E-state index in [0.717, 1.165) is 25.7 Å². The average molecular weight is 437 g/mol. The monoisotopic (exact) mass is 436 g/mol. The first kappa shape index (κ1) is 22.8. The molecule has 9 heteroatoms. The quantitative estimate of drug-likeness (QED) is 0.205. The zero-order valence-electron chi connectivity index (χ0n) is 16.4. The van der Waals surface area contributed by atoms with Gasteiger partial charge in [-0.15, -0.1) is 4.79 Å². The summed E-state index contributed by atoms with van der Waals surface area (Å²) < 4.78 is 56.0. The lowest BCUT2D eigenvalue weighted by Gasteiger charge is -2.12. The fraction of sp³-hybridized carbons (Fsp3) is 0.350. The molecule has 7 nitrogen and oxygen atoms in total. The van der Waals surface area contributed by atoms with E-state index in [1.165, 1.54) is 43.3 Å². The van der Waals surface area contributed by atoms with Crippen LogP contribution in [0, 0.1) is 6.92 Å². The lowest BCUT2D eigenvalue weighted by Crippen LogP contribution is -2.27. The van der Waals surface area contributed by atoms with Crippen LogP contribution in [0.2, 0.25) is 0 Å². The predicted octanol–water partition coefficient (Wildman–Crippen LogP) is 3.79. The van der Waals surface area contributed by atoms with E-state index in [-0.39, 0.29) is 15.4 Å². The Hall–Kier alpha value is -2.48. The summed E-state index contributed by atoms with van der Waals surface area (Å²) in [5.74, 6) is 0.344. The van der Waals surface area contributed by atoms with Crippen molar-refractivity contribution in [1.82, 2.24) is 0 Å². The van der Waals surface area contributed by atoms with Crippen molar-refractivity contribution in [1.29, 1.82) is 0 Å². The summed E-state index contributed by atoms with van der Waals surface area (Å²) in [5.41, 5.74) is 9.56. The van der Waals surface area contributed by atoms with E-state index in [4.69, 9.17) is 4.74 Å².